The topological polar surface area (TPSA) is 32.3 Å². The number of unbranched alkanes of at least 4 members (excludes halogenated alkanes) is 2. The van der Waals surface area contributed by atoms with Gasteiger partial charge in [0.1, 0.15) is 5.75 Å². The van der Waals surface area contributed by atoms with Gasteiger partial charge >= 0.3 is 0 Å². The second-order valence-corrected chi connectivity index (χ2v) is 7.40. The van der Waals surface area contributed by atoms with Crippen molar-refractivity contribution in [2.24, 2.45) is 0 Å². The zero-order valence-electron chi connectivity index (χ0n) is 15.5. The summed E-state index contributed by atoms with van der Waals surface area (Å²) in [6.45, 7) is 9.55. The van der Waals surface area contributed by atoms with Gasteiger partial charge in [0, 0.05) is 17.8 Å². The lowest BCUT2D eigenvalue weighted by Crippen LogP contribution is -2.17. The Labute approximate surface area is 146 Å². The van der Waals surface area contributed by atoms with Crippen LogP contribution in [0, 0.1) is 6.92 Å². The largest absolute Gasteiger partial charge is 0.508 e. The lowest BCUT2D eigenvalue weighted by atomic mass is 9.79. The summed E-state index contributed by atoms with van der Waals surface area (Å²) >= 11 is 0. The summed E-state index contributed by atoms with van der Waals surface area (Å²) in [4.78, 5) is 0. The van der Waals surface area contributed by atoms with Crippen molar-refractivity contribution in [2.45, 2.75) is 65.3 Å². The van der Waals surface area contributed by atoms with Gasteiger partial charge in [-0.15, -0.1) is 0 Å². The third-order valence-electron chi connectivity index (χ3n) is 4.80. The molecular formula is C22H31NO. The van der Waals surface area contributed by atoms with Crippen molar-refractivity contribution in [3.05, 3.63) is 59.2 Å². The smallest absolute Gasteiger partial charge is 0.120 e. The first-order chi connectivity index (χ1) is 11.4. The summed E-state index contributed by atoms with van der Waals surface area (Å²) < 4.78 is 0. The molecule has 24 heavy (non-hydrogen) atoms. The highest BCUT2D eigenvalue weighted by Crippen LogP contribution is 2.32. The van der Waals surface area contributed by atoms with Crippen LogP contribution in [0.15, 0.2) is 42.5 Å². The molecule has 0 aliphatic heterocycles. The zero-order valence-corrected chi connectivity index (χ0v) is 15.5. The van der Waals surface area contributed by atoms with Gasteiger partial charge in [0.25, 0.3) is 0 Å². The molecule has 0 aliphatic rings. The Kier molecular flexibility index (Phi) is 6.30. The van der Waals surface area contributed by atoms with Crippen LogP contribution in [0.2, 0.25) is 0 Å². The molecule has 0 radical (unpaired) electrons. The average Bonchev–Trinajstić information content (AvgIpc) is 2.55. The minimum atomic E-state index is 0.140. The fourth-order valence-electron chi connectivity index (χ4n) is 2.98. The van der Waals surface area contributed by atoms with Crippen LogP contribution < -0.4 is 5.32 Å². The molecule has 0 fully saturated rings. The van der Waals surface area contributed by atoms with E-state index in [0.29, 0.717) is 12.3 Å². The van der Waals surface area contributed by atoms with Crippen LogP contribution in [0.25, 0.3) is 0 Å². The maximum atomic E-state index is 10.2. The van der Waals surface area contributed by atoms with Crippen molar-refractivity contribution in [1.82, 2.24) is 0 Å². The number of nitrogens with one attached hydrogen (secondary N) is 1. The molecule has 2 N–H and O–H groups in total. The van der Waals surface area contributed by atoms with Crippen LogP contribution >= 0.6 is 0 Å². The van der Waals surface area contributed by atoms with Gasteiger partial charge in [0.15, 0.2) is 0 Å². The van der Waals surface area contributed by atoms with Gasteiger partial charge in [-0.3, -0.25) is 0 Å². The third kappa shape index (κ3) is 5.02. The van der Waals surface area contributed by atoms with Gasteiger partial charge in [-0.2, -0.15) is 0 Å². The van der Waals surface area contributed by atoms with Crippen LogP contribution in [-0.2, 0) is 12.0 Å². The van der Waals surface area contributed by atoms with E-state index in [-0.39, 0.29) is 5.41 Å². The summed E-state index contributed by atoms with van der Waals surface area (Å²) in [5, 5.41) is 13.6. The fourth-order valence-corrected chi connectivity index (χ4v) is 2.98. The summed E-state index contributed by atoms with van der Waals surface area (Å²) in [6.07, 6.45) is 4.96. The van der Waals surface area contributed by atoms with Crippen molar-refractivity contribution in [1.29, 1.82) is 0 Å². The molecule has 0 unspecified atom stereocenters. The molecule has 2 aromatic rings. The molecule has 0 bridgehead atoms. The van der Waals surface area contributed by atoms with Gasteiger partial charge in [-0.25, -0.2) is 0 Å². The highest BCUT2D eigenvalue weighted by Gasteiger charge is 2.21. The lowest BCUT2D eigenvalue weighted by Gasteiger charge is -2.26. The number of hydrogen-bond acceptors (Lipinski definition) is 2. The van der Waals surface area contributed by atoms with Gasteiger partial charge in [-0.1, -0.05) is 63.8 Å². The first kappa shape index (κ1) is 18.4. The number of benzene rings is 2. The van der Waals surface area contributed by atoms with E-state index in [1.165, 1.54) is 36.8 Å². The van der Waals surface area contributed by atoms with E-state index < -0.39 is 0 Å². The van der Waals surface area contributed by atoms with E-state index in [0.717, 1.165) is 11.3 Å². The maximum absolute atomic E-state index is 10.2. The molecule has 0 aliphatic carbocycles. The number of aryl methyl sites for hydroxylation is 1. The van der Waals surface area contributed by atoms with Crippen molar-refractivity contribution >= 4 is 5.69 Å². The SMILES string of the molecule is CCCCCC(C)(C)c1ccc(O)c(CNc2ccc(C)cc2)c1. The van der Waals surface area contributed by atoms with Crippen LogP contribution in [0.4, 0.5) is 5.69 Å². The average molecular weight is 325 g/mol. The number of aromatic hydroxyl groups is 1. The summed E-state index contributed by atoms with van der Waals surface area (Å²) in [7, 11) is 0. The number of hydrogen-bond donors (Lipinski definition) is 2. The lowest BCUT2D eigenvalue weighted by molar-refractivity contribution is 0.444. The summed E-state index contributed by atoms with van der Waals surface area (Å²) in [5.74, 6) is 0.364. The van der Waals surface area contributed by atoms with Crippen LogP contribution in [0.1, 0.15) is 63.1 Å². The molecule has 0 saturated heterocycles. The van der Waals surface area contributed by atoms with Crippen molar-refractivity contribution < 1.29 is 5.11 Å². The molecule has 0 aromatic heterocycles. The van der Waals surface area contributed by atoms with E-state index in [1.807, 2.05) is 6.07 Å². The molecule has 2 aromatic carbocycles. The van der Waals surface area contributed by atoms with Gasteiger partial charge in [0.05, 0.1) is 0 Å². The van der Waals surface area contributed by atoms with E-state index in [2.05, 4.69) is 69.4 Å². The number of rotatable bonds is 8. The predicted molar refractivity (Wildman–Crippen MR) is 104 cm³/mol. The van der Waals surface area contributed by atoms with Crippen LogP contribution in [-0.4, -0.2) is 5.11 Å². The van der Waals surface area contributed by atoms with Crippen molar-refractivity contribution in [3.8, 4) is 5.75 Å². The van der Waals surface area contributed by atoms with E-state index in [1.54, 1.807) is 0 Å². The van der Waals surface area contributed by atoms with Crippen LogP contribution in [0.5, 0.6) is 5.75 Å². The Balaban J connectivity index is 2.08. The third-order valence-corrected chi connectivity index (χ3v) is 4.80. The monoisotopic (exact) mass is 325 g/mol. The Bertz CT molecular complexity index is 644. The molecule has 2 heteroatoms. The second kappa shape index (κ2) is 8.23. The standard InChI is InChI=1S/C22H31NO/c1-5-6-7-14-22(3,4)19-10-13-21(24)18(15-19)16-23-20-11-8-17(2)9-12-20/h8-13,15,23-24H,5-7,14,16H2,1-4H3. The highest BCUT2D eigenvalue weighted by molar-refractivity contribution is 5.47. The number of phenols is 1. The highest BCUT2D eigenvalue weighted by atomic mass is 16.3. The number of anilines is 1. The molecule has 2 nitrogen and oxygen atoms in total. The molecule has 2 rings (SSSR count). The first-order valence-electron chi connectivity index (χ1n) is 9.05. The van der Waals surface area contributed by atoms with Crippen LogP contribution in [0.3, 0.4) is 0 Å². The molecule has 0 saturated carbocycles. The van der Waals surface area contributed by atoms with Gasteiger partial charge in [0.2, 0.25) is 0 Å². The molecule has 0 atom stereocenters. The maximum Gasteiger partial charge on any atom is 0.120 e. The molecule has 0 heterocycles. The van der Waals surface area contributed by atoms with Gasteiger partial charge in [-0.05, 0) is 48.6 Å². The minimum Gasteiger partial charge on any atom is -0.508 e. The summed E-state index contributed by atoms with van der Waals surface area (Å²) in [5.41, 5.74) is 4.72. The number of phenolic OH excluding ortho intramolecular Hbond substituents is 1. The molecule has 130 valence electrons. The molecule has 0 amide bonds. The molecular weight excluding hydrogens is 294 g/mol. The second-order valence-electron chi connectivity index (χ2n) is 7.40. The Morgan fingerprint density at radius 3 is 2.38 bits per heavy atom. The normalized spacial score (nSPS) is 11.5. The van der Waals surface area contributed by atoms with E-state index in [9.17, 15) is 5.11 Å². The Morgan fingerprint density at radius 2 is 1.71 bits per heavy atom. The zero-order chi connectivity index (χ0) is 17.6. The minimum absolute atomic E-state index is 0.140. The van der Waals surface area contributed by atoms with Crippen molar-refractivity contribution in [3.63, 3.8) is 0 Å². The van der Waals surface area contributed by atoms with E-state index >= 15 is 0 Å². The fraction of sp³-hybridized carbons (Fsp3) is 0.455. The Hall–Kier alpha value is -1.96. The predicted octanol–water partition coefficient (Wildman–Crippen LogP) is 6.17. The van der Waals surface area contributed by atoms with Gasteiger partial charge < -0.3 is 10.4 Å². The van der Waals surface area contributed by atoms with Crippen molar-refractivity contribution in [2.75, 3.05) is 5.32 Å². The quantitative estimate of drug-likeness (QED) is 0.569. The summed E-state index contributed by atoms with van der Waals surface area (Å²) in [6, 6.07) is 14.4. The first-order valence-corrected chi connectivity index (χ1v) is 9.05. The Morgan fingerprint density at radius 1 is 1.00 bits per heavy atom. The van der Waals surface area contributed by atoms with E-state index in [4.69, 9.17) is 0 Å². The molecule has 0 spiro atoms.